The van der Waals surface area contributed by atoms with Gasteiger partial charge in [-0.1, -0.05) is 36.4 Å². The van der Waals surface area contributed by atoms with E-state index < -0.39 is 15.7 Å². The second kappa shape index (κ2) is 12.2. The average molecular weight is 603 g/mol. The minimum absolute atomic E-state index is 0.0481. The lowest BCUT2D eigenvalue weighted by Gasteiger charge is -2.20. The molecule has 0 bridgehead atoms. The standard InChI is InChI=1S/C32H34N4O4S2/c1-32(2,3)35-17-7-6-8-21-11-13-22(14-12-21)31-34-20-24(41-31)19-33-29(37)23-15-16-28-26(18-23)36-30(38)25-9-4-5-10-27(25)42(28,39)40/h4-5,9-16,18,20,35H,6-8,17,19H2,1-3H3,(H,33,37)(H,36,38). The number of anilines is 1. The highest BCUT2D eigenvalue weighted by atomic mass is 32.2. The molecule has 10 heteroatoms. The van der Waals surface area contributed by atoms with E-state index in [4.69, 9.17) is 0 Å². The topological polar surface area (TPSA) is 117 Å². The van der Waals surface area contributed by atoms with Crippen LogP contribution in [0.3, 0.4) is 0 Å². The summed E-state index contributed by atoms with van der Waals surface area (Å²) in [6, 6.07) is 18.7. The second-order valence-electron chi connectivity index (χ2n) is 11.3. The van der Waals surface area contributed by atoms with Crippen LogP contribution in [0.5, 0.6) is 0 Å². The van der Waals surface area contributed by atoms with Crippen molar-refractivity contribution in [3.8, 4) is 10.6 Å². The summed E-state index contributed by atoms with van der Waals surface area (Å²) in [4.78, 5) is 31.0. The van der Waals surface area contributed by atoms with Gasteiger partial charge in [-0.05, 0) is 82.5 Å². The molecule has 3 N–H and O–H groups in total. The van der Waals surface area contributed by atoms with E-state index in [9.17, 15) is 18.0 Å². The molecule has 0 fully saturated rings. The normalized spacial score (nSPS) is 13.9. The van der Waals surface area contributed by atoms with Crippen LogP contribution in [0.15, 0.2) is 82.7 Å². The summed E-state index contributed by atoms with van der Waals surface area (Å²) in [5.74, 6) is -0.924. The molecule has 8 nitrogen and oxygen atoms in total. The Bertz CT molecular complexity index is 1720. The van der Waals surface area contributed by atoms with E-state index in [1.165, 1.54) is 47.2 Å². The number of aromatic nitrogens is 1. The summed E-state index contributed by atoms with van der Waals surface area (Å²) in [6.45, 7) is 7.81. The Kier molecular flexibility index (Phi) is 8.58. The Labute approximate surface area is 250 Å². The van der Waals surface area contributed by atoms with Crippen LogP contribution in [-0.2, 0) is 22.8 Å². The van der Waals surface area contributed by atoms with E-state index in [1.54, 1.807) is 18.3 Å². The molecule has 42 heavy (non-hydrogen) atoms. The molecule has 2 heterocycles. The molecule has 218 valence electrons. The van der Waals surface area contributed by atoms with Crippen molar-refractivity contribution in [2.45, 2.75) is 61.9 Å². The van der Waals surface area contributed by atoms with Crippen molar-refractivity contribution in [2.75, 3.05) is 11.9 Å². The maximum atomic E-state index is 13.2. The van der Waals surface area contributed by atoms with Gasteiger partial charge in [0.1, 0.15) is 5.01 Å². The van der Waals surface area contributed by atoms with Crippen molar-refractivity contribution in [2.24, 2.45) is 0 Å². The highest BCUT2D eigenvalue weighted by molar-refractivity contribution is 7.91. The van der Waals surface area contributed by atoms with E-state index in [1.807, 2.05) is 0 Å². The van der Waals surface area contributed by atoms with Crippen LogP contribution in [-0.4, -0.2) is 37.3 Å². The van der Waals surface area contributed by atoms with Crippen LogP contribution >= 0.6 is 11.3 Å². The van der Waals surface area contributed by atoms with E-state index in [0.717, 1.165) is 41.3 Å². The largest absolute Gasteiger partial charge is 0.347 e. The van der Waals surface area contributed by atoms with E-state index in [2.05, 4.69) is 66.0 Å². The number of sulfone groups is 1. The van der Waals surface area contributed by atoms with Crippen LogP contribution < -0.4 is 16.0 Å². The molecule has 0 saturated heterocycles. The zero-order valence-corrected chi connectivity index (χ0v) is 25.5. The highest BCUT2D eigenvalue weighted by Crippen LogP contribution is 2.34. The summed E-state index contributed by atoms with van der Waals surface area (Å²) in [7, 11) is -3.93. The first-order chi connectivity index (χ1) is 20.0. The summed E-state index contributed by atoms with van der Waals surface area (Å²) >= 11 is 1.50. The number of unbranched alkanes of at least 4 members (excludes halogenated alkanes) is 1. The van der Waals surface area contributed by atoms with Crippen LogP contribution in [0, 0.1) is 0 Å². The van der Waals surface area contributed by atoms with Crippen molar-refractivity contribution in [3.63, 3.8) is 0 Å². The number of thiazole rings is 1. The lowest BCUT2D eigenvalue weighted by molar-refractivity contribution is 0.0949. The van der Waals surface area contributed by atoms with E-state index in [-0.39, 0.29) is 44.6 Å². The van der Waals surface area contributed by atoms with Crippen LogP contribution in [0.4, 0.5) is 5.69 Å². The molecule has 0 atom stereocenters. The molecular weight excluding hydrogens is 569 g/mol. The third-order valence-electron chi connectivity index (χ3n) is 6.93. The third-order valence-corrected chi connectivity index (χ3v) is 9.84. The number of rotatable bonds is 9. The molecule has 5 rings (SSSR count). The molecule has 3 aromatic carbocycles. The molecule has 0 spiro atoms. The van der Waals surface area contributed by atoms with Gasteiger partial charge in [0.05, 0.1) is 27.6 Å². The van der Waals surface area contributed by atoms with Crippen LogP contribution in [0.2, 0.25) is 0 Å². The fraction of sp³-hybridized carbons (Fsp3) is 0.281. The number of nitrogens with zero attached hydrogens (tertiary/aromatic N) is 1. The first-order valence-electron chi connectivity index (χ1n) is 13.9. The number of carbonyl (C=O) groups is 2. The molecular formula is C32H34N4O4S2. The van der Waals surface area contributed by atoms with Crippen molar-refractivity contribution in [3.05, 3.63) is 94.5 Å². The summed E-state index contributed by atoms with van der Waals surface area (Å²) in [5.41, 5.74) is 2.86. The number of benzene rings is 3. The fourth-order valence-corrected chi connectivity index (χ4v) is 7.17. The third kappa shape index (κ3) is 6.78. The number of aryl methyl sites for hydroxylation is 1. The van der Waals surface area contributed by atoms with Gasteiger partial charge in [-0.2, -0.15) is 0 Å². The van der Waals surface area contributed by atoms with Gasteiger partial charge in [-0.25, -0.2) is 13.4 Å². The van der Waals surface area contributed by atoms with Gasteiger partial charge in [-0.15, -0.1) is 11.3 Å². The summed E-state index contributed by atoms with van der Waals surface area (Å²) < 4.78 is 26.4. The molecule has 0 unspecified atom stereocenters. The molecule has 1 aromatic heterocycles. The first kappa shape index (κ1) is 29.6. The van der Waals surface area contributed by atoms with E-state index in [0.29, 0.717) is 0 Å². The predicted octanol–water partition coefficient (Wildman–Crippen LogP) is 5.85. The Morgan fingerprint density at radius 1 is 0.976 bits per heavy atom. The van der Waals surface area contributed by atoms with Crippen LogP contribution in [0.25, 0.3) is 10.6 Å². The molecule has 0 aliphatic carbocycles. The molecule has 4 aromatic rings. The van der Waals surface area contributed by atoms with Gasteiger partial charge in [0.15, 0.2) is 0 Å². The maximum Gasteiger partial charge on any atom is 0.257 e. The van der Waals surface area contributed by atoms with Crippen molar-refractivity contribution < 1.29 is 18.0 Å². The predicted molar refractivity (Wildman–Crippen MR) is 166 cm³/mol. The summed E-state index contributed by atoms with van der Waals surface area (Å²) in [5, 5.41) is 9.90. The highest BCUT2D eigenvalue weighted by Gasteiger charge is 2.31. The number of hydrogen-bond donors (Lipinski definition) is 3. The van der Waals surface area contributed by atoms with Gasteiger partial charge in [0, 0.05) is 27.7 Å². The van der Waals surface area contributed by atoms with Gasteiger partial charge in [0.25, 0.3) is 11.8 Å². The zero-order valence-electron chi connectivity index (χ0n) is 23.9. The fourth-order valence-electron chi connectivity index (χ4n) is 4.72. The molecule has 0 radical (unpaired) electrons. The van der Waals surface area contributed by atoms with Gasteiger partial charge in [-0.3, -0.25) is 9.59 Å². The number of amides is 2. The van der Waals surface area contributed by atoms with Crippen molar-refractivity contribution in [1.82, 2.24) is 15.6 Å². The summed E-state index contributed by atoms with van der Waals surface area (Å²) in [6.07, 6.45) is 5.04. The SMILES string of the molecule is CC(C)(C)NCCCCc1ccc(-c2ncc(CNC(=O)c3ccc4c(c3)NC(=O)c3ccccc3S4(=O)=O)s2)cc1. The van der Waals surface area contributed by atoms with Crippen molar-refractivity contribution >= 4 is 38.7 Å². The lowest BCUT2D eigenvalue weighted by Crippen LogP contribution is -2.36. The Hall–Kier alpha value is -3.86. The van der Waals surface area contributed by atoms with Crippen molar-refractivity contribution in [1.29, 1.82) is 0 Å². The zero-order chi connectivity index (χ0) is 29.9. The van der Waals surface area contributed by atoms with Gasteiger partial charge >= 0.3 is 0 Å². The number of fused-ring (bicyclic) bond motifs is 2. The first-order valence-corrected chi connectivity index (χ1v) is 16.2. The monoisotopic (exact) mass is 602 g/mol. The number of nitrogens with one attached hydrogen (secondary N) is 3. The average Bonchev–Trinajstić information content (AvgIpc) is 3.41. The Morgan fingerprint density at radius 2 is 1.74 bits per heavy atom. The minimum atomic E-state index is -3.93. The smallest absolute Gasteiger partial charge is 0.257 e. The van der Waals surface area contributed by atoms with E-state index >= 15 is 0 Å². The van der Waals surface area contributed by atoms with Crippen LogP contribution in [0.1, 0.15) is 64.8 Å². The molecule has 1 aliphatic rings. The quantitative estimate of drug-likeness (QED) is 0.207. The Balaban J connectivity index is 1.18. The lowest BCUT2D eigenvalue weighted by atomic mass is 10.1. The number of hydrogen-bond acceptors (Lipinski definition) is 7. The molecule has 2 amide bonds. The molecule has 1 aliphatic heterocycles. The van der Waals surface area contributed by atoms with Gasteiger partial charge in [0.2, 0.25) is 9.84 Å². The number of carbonyl (C=O) groups excluding carboxylic acids is 2. The molecule has 0 saturated carbocycles. The second-order valence-corrected chi connectivity index (χ2v) is 14.3. The van der Waals surface area contributed by atoms with Gasteiger partial charge < -0.3 is 16.0 Å². The minimum Gasteiger partial charge on any atom is -0.347 e. The maximum absolute atomic E-state index is 13.2. The Morgan fingerprint density at radius 3 is 2.50 bits per heavy atom.